The number of hydrogen-bond acceptors (Lipinski definition) is 3. The van der Waals surface area contributed by atoms with Gasteiger partial charge in [0, 0.05) is 19.6 Å². The molecular formula is C12H23N3O3. The third kappa shape index (κ3) is 4.18. The first-order chi connectivity index (χ1) is 8.46. The van der Waals surface area contributed by atoms with E-state index >= 15 is 0 Å². The molecule has 0 radical (unpaired) electrons. The summed E-state index contributed by atoms with van der Waals surface area (Å²) in [7, 11) is 3.86. The first-order valence-corrected chi connectivity index (χ1v) is 6.36. The van der Waals surface area contributed by atoms with Crippen molar-refractivity contribution in [2.24, 2.45) is 5.41 Å². The van der Waals surface area contributed by atoms with E-state index in [0.717, 1.165) is 19.4 Å². The van der Waals surface area contributed by atoms with Crippen molar-refractivity contribution in [1.82, 2.24) is 15.5 Å². The third-order valence-electron chi connectivity index (χ3n) is 3.45. The highest BCUT2D eigenvalue weighted by atomic mass is 16.4. The number of amides is 2. The van der Waals surface area contributed by atoms with E-state index in [1.807, 2.05) is 19.0 Å². The molecule has 0 atom stereocenters. The number of carboxylic acid groups (broad SMARTS) is 1. The van der Waals surface area contributed by atoms with E-state index in [1.165, 1.54) is 0 Å². The fourth-order valence-corrected chi connectivity index (χ4v) is 2.22. The summed E-state index contributed by atoms with van der Waals surface area (Å²) in [5.74, 6) is -0.798. The number of nitrogens with zero attached hydrogens (tertiary/aromatic N) is 1. The lowest BCUT2D eigenvalue weighted by atomic mass is 9.86. The fourth-order valence-electron chi connectivity index (χ4n) is 2.22. The van der Waals surface area contributed by atoms with Crippen LogP contribution >= 0.6 is 0 Å². The Balaban J connectivity index is 2.30. The van der Waals surface area contributed by atoms with Gasteiger partial charge in [-0.25, -0.2) is 4.79 Å². The Morgan fingerprint density at radius 3 is 2.33 bits per heavy atom. The molecule has 1 rings (SSSR count). The lowest BCUT2D eigenvalue weighted by Gasteiger charge is -2.24. The molecule has 0 heterocycles. The van der Waals surface area contributed by atoms with Crippen molar-refractivity contribution in [2.45, 2.75) is 25.7 Å². The Morgan fingerprint density at radius 2 is 1.83 bits per heavy atom. The molecule has 104 valence electrons. The molecule has 0 saturated heterocycles. The van der Waals surface area contributed by atoms with E-state index in [4.69, 9.17) is 0 Å². The molecule has 0 bridgehead atoms. The standard InChI is InChI=1S/C12H23N3O3/c1-15(2)8-7-13-11(18)14-9-12(10(16)17)5-3-4-6-12/h3-9H2,1-2H3,(H,16,17)(H2,13,14,18). The van der Waals surface area contributed by atoms with Crippen LogP contribution in [-0.4, -0.2) is 55.7 Å². The summed E-state index contributed by atoms with van der Waals surface area (Å²) in [5.41, 5.74) is -0.751. The van der Waals surface area contributed by atoms with Crippen LogP contribution in [0.15, 0.2) is 0 Å². The van der Waals surface area contributed by atoms with Crippen LogP contribution < -0.4 is 10.6 Å². The van der Waals surface area contributed by atoms with Gasteiger partial charge >= 0.3 is 12.0 Å². The molecule has 1 aliphatic carbocycles. The van der Waals surface area contributed by atoms with Crippen molar-refractivity contribution in [3.63, 3.8) is 0 Å². The van der Waals surface area contributed by atoms with Gasteiger partial charge in [0.15, 0.2) is 0 Å². The zero-order valence-electron chi connectivity index (χ0n) is 11.2. The van der Waals surface area contributed by atoms with Gasteiger partial charge in [0.1, 0.15) is 0 Å². The summed E-state index contributed by atoms with van der Waals surface area (Å²) in [6.07, 6.45) is 3.16. The van der Waals surface area contributed by atoms with Gasteiger partial charge in [-0.15, -0.1) is 0 Å². The molecule has 18 heavy (non-hydrogen) atoms. The van der Waals surface area contributed by atoms with Crippen LogP contribution in [0.3, 0.4) is 0 Å². The number of carbonyl (C=O) groups excluding carboxylic acids is 1. The van der Waals surface area contributed by atoms with Gasteiger partial charge in [-0.2, -0.15) is 0 Å². The second-order valence-electron chi connectivity index (χ2n) is 5.21. The minimum atomic E-state index is -0.798. The molecule has 0 spiro atoms. The van der Waals surface area contributed by atoms with Crippen LogP contribution in [0.5, 0.6) is 0 Å². The second-order valence-corrected chi connectivity index (χ2v) is 5.21. The highest BCUT2D eigenvalue weighted by Gasteiger charge is 2.41. The number of nitrogens with one attached hydrogen (secondary N) is 2. The van der Waals surface area contributed by atoms with E-state index in [9.17, 15) is 14.7 Å². The molecule has 0 unspecified atom stereocenters. The van der Waals surface area contributed by atoms with E-state index in [-0.39, 0.29) is 12.6 Å². The molecule has 0 aliphatic heterocycles. The second kappa shape index (κ2) is 6.58. The topological polar surface area (TPSA) is 81.7 Å². The van der Waals surface area contributed by atoms with Crippen LogP contribution in [0.4, 0.5) is 4.79 Å². The quantitative estimate of drug-likeness (QED) is 0.647. The number of rotatable bonds is 6. The Hall–Kier alpha value is -1.30. The van der Waals surface area contributed by atoms with Crippen LogP contribution in [-0.2, 0) is 4.79 Å². The SMILES string of the molecule is CN(C)CCNC(=O)NCC1(C(=O)O)CCCC1. The number of carboxylic acids is 1. The monoisotopic (exact) mass is 257 g/mol. The number of aliphatic carboxylic acids is 1. The number of urea groups is 1. The van der Waals surface area contributed by atoms with Gasteiger partial charge in [0.25, 0.3) is 0 Å². The van der Waals surface area contributed by atoms with Gasteiger partial charge in [-0.1, -0.05) is 12.8 Å². The highest BCUT2D eigenvalue weighted by molar-refractivity contribution is 5.78. The molecule has 6 heteroatoms. The smallest absolute Gasteiger partial charge is 0.314 e. The van der Waals surface area contributed by atoms with Crippen LogP contribution in [0.2, 0.25) is 0 Å². The molecule has 1 fully saturated rings. The summed E-state index contributed by atoms with van der Waals surface area (Å²) in [6, 6.07) is -0.288. The molecule has 1 saturated carbocycles. The van der Waals surface area contributed by atoms with Crippen molar-refractivity contribution in [2.75, 3.05) is 33.7 Å². The summed E-state index contributed by atoms with van der Waals surface area (Å²) in [6.45, 7) is 1.53. The van der Waals surface area contributed by atoms with E-state index in [1.54, 1.807) is 0 Å². The number of likely N-dealkylation sites (N-methyl/N-ethyl adjacent to an activating group) is 1. The molecular weight excluding hydrogens is 234 g/mol. The van der Waals surface area contributed by atoms with Gasteiger partial charge in [0.2, 0.25) is 0 Å². The number of hydrogen-bond donors (Lipinski definition) is 3. The predicted octanol–water partition coefficient (Wildman–Crippen LogP) is 0.492. The van der Waals surface area contributed by atoms with E-state index < -0.39 is 11.4 Å². The minimum absolute atomic E-state index is 0.218. The fraction of sp³-hybridized carbons (Fsp3) is 0.833. The molecule has 2 amide bonds. The Labute approximate surface area is 108 Å². The maximum atomic E-state index is 11.5. The lowest BCUT2D eigenvalue weighted by Crippen LogP contribution is -2.46. The third-order valence-corrected chi connectivity index (χ3v) is 3.45. The first kappa shape index (κ1) is 14.8. The van der Waals surface area contributed by atoms with E-state index in [2.05, 4.69) is 10.6 Å². The lowest BCUT2D eigenvalue weighted by molar-refractivity contribution is -0.148. The molecule has 1 aliphatic rings. The van der Waals surface area contributed by atoms with Crippen molar-refractivity contribution in [3.8, 4) is 0 Å². The van der Waals surface area contributed by atoms with Crippen molar-refractivity contribution < 1.29 is 14.7 Å². The summed E-state index contributed by atoms with van der Waals surface area (Å²) in [4.78, 5) is 24.7. The molecule has 0 aromatic heterocycles. The molecule has 0 aromatic carbocycles. The maximum Gasteiger partial charge on any atom is 0.314 e. The summed E-state index contributed by atoms with van der Waals surface area (Å²) in [5, 5.41) is 14.6. The normalized spacial score (nSPS) is 17.7. The van der Waals surface area contributed by atoms with Crippen molar-refractivity contribution >= 4 is 12.0 Å². The minimum Gasteiger partial charge on any atom is -0.481 e. The van der Waals surface area contributed by atoms with Gasteiger partial charge in [-0.05, 0) is 26.9 Å². The Kier molecular flexibility index (Phi) is 5.40. The summed E-state index contributed by atoms with van der Waals surface area (Å²) < 4.78 is 0. The first-order valence-electron chi connectivity index (χ1n) is 6.36. The largest absolute Gasteiger partial charge is 0.481 e. The number of carbonyl (C=O) groups is 2. The van der Waals surface area contributed by atoms with Crippen molar-refractivity contribution in [1.29, 1.82) is 0 Å². The van der Waals surface area contributed by atoms with E-state index in [0.29, 0.717) is 19.4 Å². The van der Waals surface area contributed by atoms with Crippen molar-refractivity contribution in [3.05, 3.63) is 0 Å². The molecule has 3 N–H and O–H groups in total. The van der Waals surface area contributed by atoms with Gasteiger partial charge < -0.3 is 20.6 Å². The summed E-state index contributed by atoms with van der Waals surface area (Å²) >= 11 is 0. The highest BCUT2D eigenvalue weighted by Crippen LogP contribution is 2.37. The average molecular weight is 257 g/mol. The molecule has 0 aromatic rings. The Bertz CT molecular complexity index is 299. The van der Waals surface area contributed by atoms with Crippen LogP contribution in [0.25, 0.3) is 0 Å². The van der Waals surface area contributed by atoms with Crippen LogP contribution in [0, 0.1) is 5.41 Å². The maximum absolute atomic E-state index is 11.5. The predicted molar refractivity (Wildman–Crippen MR) is 68.5 cm³/mol. The molecule has 6 nitrogen and oxygen atoms in total. The zero-order valence-corrected chi connectivity index (χ0v) is 11.2. The van der Waals surface area contributed by atoms with Crippen LogP contribution in [0.1, 0.15) is 25.7 Å². The van der Waals surface area contributed by atoms with Gasteiger partial charge in [0.05, 0.1) is 5.41 Å². The average Bonchev–Trinajstić information content (AvgIpc) is 2.75. The zero-order chi connectivity index (χ0) is 13.6. The Morgan fingerprint density at radius 1 is 1.22 bits per heavy atom. The van der Waals surface area contributed by atoms with Gasteiger partial charge in [-0.3, -0.25) is 4.79 Å².